The molecule has 1 unspecified atom stereocenters. The average molecular weight is 408 g/mol. The topological polar surface area (TPSA) is 71.1 Å². The van der Waals surface area contributed by atoms with Gasteiger partial charge in [0.05, 0.1) is 25.2 Å². The minimum absolute atomic E-state index is 0.000285. The summed E-state index contributed by atoms with van der Waals surface area (Å²) in [6.07, 6.45) is 0.138. The van der Waals surface area contributed by atoms with Crippen molar-refractivity contribution in [1.29, 1.82) is 0 Å². The number of benzene rings is 2. The van der Waals surface area contributed by atoms with Gasteiger partial charge in [0, 0.05) is 11.5 Å². The van der Waals surface area contributed by atoms with E-state index in [0.29, 0.717) is 39.9 Å². The number of ether oxygens (including phenoxy) is 4. The van der Waals surface area contributed by atoms with Gasteiger partial charge in [-0.3, -0.25) is 9.59 Å². The van der Waals surface area contributed by atoms with Gasteiger partial charge >= 0.3 is 5.97 Å². The first kappa shape index (κ1) is 20.0. The molecule has 0 aliphatic carbocycles. The molecule has 4 rings (SSSR count). The lowest BCUT2D eigenvalue weighted by Crippen LogP contribution is -2.21. The maximum Gasteiger partial charge on any atom is 0.312 e. The van der Waals surface area contributed by atoms with E-state index in [-0.39, 0.29) is 30.2 Å². The molecule has 2 aromatic carbocycles. The summed E-state index contributed by atoms with van der Waals surface area (Å²) in [5.74, 6) is 1.60. The van der Waals surface area contributed by atoms with Crippen LogP contribution in [0.1, 0.15) is 61.5 Å². The predicted molar refractivity (Wildman–Crippen MR) is 111 cm³/mol. The fraction of sp³-hybridized carbons (Fsp3) is 0.333. The molecule has 0 aromatic heterocycles. The Hall–Kier alpha value is -3.28. The zero-order valence-corrected chi connectivity index (χ0v) is 17.7. The minimum Gasteiger partial charge on any atom is -0.493 e. The molecule has 6 heteroatoms. The number of fused-ring (bicyclic) bond motifs is 3. The Morgan fingerprint density at radius 1 is 1.07 bits per heavy atom. The molecule has 30 heavy (non-hydrogen) atoms. The molecule has 0 bridgehead atoms. The molecule has 2 heterocycles. The highest BCUT2D eigenvalue weighted by atomic mass is 16.5. The number of methoxy groups -OCH3 is 1. The van der Waals surface area contributed by atoms with Crippen LogP contribution < -0.4 is 18.9 Å². The van der Waals surface area contributed by atoms with Crippen molar-refractivity contribution in [2.24, 2.45) is 0 Å². The van der Waals surface area contributed by atoms with Crippen LogP contribution in [-0.4, -0.2) is 25.0 Å². The highest BCUT2D eigenvalue weighted by Crippen LogP contribution is 2.49. The number of hydrogen-bond donors (Lipinski definition) is 0. The highest BCUT2D eigenvalue weighted by Gasteiger charge is 2.39. The molecule has 2 aliphatic rings. The number of hydrogen-bond acceptors (Lipinski definition) is 6. The van der Waals surface area contributed by atoms with Crippen molar-refractivity contribution in [3.8, 4) is 23.0 Å². The molecule has 0 fully saturated rings. The second kappa shape index (κ2) is 7.52. The van der Waals surface area contributed by atoms with E-state index in [2.05, 4.69) is 0 Å². The molecule has 156 valence electrons. The molecule has 0 saturated carbocycles. The second-order valence-corrected chi connectivity index (χ2v) is 7.92. The largest absolute Gasteiger partial charge is 0.493 e. The summed E-state index contributed by atoms with van der Waals surface area (Å²) in [6.45, 7) is 7.56. The number of carbonyl (C=O) groups is 2. The number of rotatable bonds is 4. The summed E-state index contributed by atoms with van der Waals surface area (Å²) in [6, 6.07) is 8.93. The van der Waals surface area contributed by atoms with E-state index in [1.54, 1.807) is 19.2 Å². The first-order chi connectivity index (χ1) is 14.3. The molecule has 6 nitrogen and oxygen atoms in total. The molecule has 1 atom stereocenters. The van der Waals surface area contributed by atoms with Gasteiger partial charge in [-0.1, -0.05) is 6.07 Å². The highest BCUT2D eigenvalue weighted by molar-refractivity contribution is 6.13. The Morgan fingerprint density at radius 2 is 1.83 bits per heavy atom. The maximum atomic E-state index is 12.8. The fourth-order valence-electron chi connectivity index (χ4n) is 3.86. The number of carbonyl (C=O) groups excluding carboxylic acids is 2. The lowest BCUT2D eigenvalue weighted by Gasteiger charge is -2.27. The molecule has 0 spiro atoms. The molecular formula is C24H24O6. The van der Waals surface area contributed by atoms with Gasteiger partial charge in [0.1, 0.15) is 11.5 Å². The molecule has 0 radical (unpaired) electrons. The molecule has 2 aliphatic heterocycles. The smallest absolute Gasteiger partial charge is 0.312 e. The van der Waals surface area contributed by atoms with Gasteiger partial charge in [-0.15, -0.1) is 0 Å². The van der Waals surface area contributed by atoms with Crippen LogP contribution in [0.3, 0.4) is 0 Å². The number of allylic oxidation sites excluding steroid dienone is 2. The van der Waals surface area contributed by atoms with Crippen LogP contribution in [0.2, 0.25) is 0 Å². The van der Waals surface area contributed by atoms with Gasteiger partial charge in [0.25, 0.3) is 0 Å². The van der Waals surface area contributed by atoms with Gasteiger partial charge in [-0.05, 0) is 63.1 Å². The van der Waals surface area contributed by atoms with Gasteiger partial charge in [-0.25, -0.2) is 0 Å². The summed E-state index contributed by atoms with van der Waals surface area (Å²) < 4.78 is 22.8. The van der Waals surface area contributed by atoms with Crippen LogP contribution in [-0.2, 0) is 4.79 Å². The molecular weight excluding hydrogens is 384 g/mol. The van der Waals surface area contributed by atoms with Crippen molar-refractivity contribution in [2.75, 3.05) is 7.11 Å². The zero-order chi connectivity index (χ0) is 21.6. The Morgan fingerprint density at radius 3 is 2.50 bits per heavy atom. The normalized spacial score (nSPS) is 17.3. The van der Waals surface area contributed by atoms with Crippen LogP contribution >= 0.6 is 0 Å². The first-order valence-corrected chi connectivity index (χ1v) is 9.92. The van der Waals surface area contributed by atoms with E-state index in [1.807, 2.05) is 45.9 Å². The first-order valence-electron chi connectivity index (χ1n) is 9.92. The maximum absolute atomic E-state index is 12.8. The summed E-state index contributed by atoms with van der Waals surface area (Å²) in [5.41, 5.74) is 2.85. The lowest BCUT2D eigenvalue weighted by atomic mass is 9.84. The van der Waals surface area contributed by atoms with Crippen molar-refractivity contribution in [3.63, 3.8) is 0 Å². The fourth-order valence-corrected chi connectivity index (χ4v) is 3.86. The van der Waals surface area contributed by atoms with Gasteiger partial charge in [-0.2, -0.15) is 0 Å². The number of esters is 1. The van der Waals surface area contributed by atoms with Crippen molar-refractivity contribution in [3.05, 3.63) is 58.4 Å². The second-order valence-electron chi connectivity index (χ2n) is 7.92. The summed E-state index contributed by atoms with van der Waals surface area (Å²) in [5, 5.41) is 0. The SMILES string of the molecule is COc1cc(C2CC(=O)Oc3ccc4c(c32)OC(=C(C)C)C4=O)ccc1OC(C)C. The Kier molecular flexibility index (Phi) is 5.02. The third kappa shape index (κ3) is 3.32. The molecule has 0 amide bonds. The van der Waals surface area contributed by atoms with Crippen molar-refractivity contribution < 1.29 is 28.5 Å². The van der Waals surface area contributed by atoms with Gasteiger partial charge in [0.2, 0.25) is 5.78 Å². The molecule has 0 saturated heterocycles. The van der Waals surface area contributed by atoms with Crippen LogP contribution in [0.4, 0.5) is 0 Å². The van der Waals surface area contributed by atoms with Gasteiger partial charge < -0.3 is 18.9 Å². The van der Waals surface area contributed by atoms with E-state index < -0.39 is 0 Å². The monoisotopic (exact) mass is 408 g/mol. The van der Waals surface area contributed by atoms with Crippen molar-refractivity contribution >= 4 is 11.8 Å². The lowest BCUT2D eigenvalue weighted by molar-refractivity contribution is -0.135. The van der Waals surface area contributed by atoms with Crippen molar-refractivity contribution in [2.45, 2.75) is 46.1 Å². The predicted octanol–water partition coefficient (Wildman–Crippen LogP) is 4.79. The average Bonchev–Trinajstić information content (AvgIpc) is 3.04. The summed E-state index contributed by atoms with van der Waals surface area (Å²) in [7, 11) is 1.58. The van der Waals surface area contributed by atoms with E-state index in [1.165, 1.54) is 0 Å². The van der Waals surface area contributed by atoms with Crippen LogP contribution in [0.25, 0.3) is 0 Å². The van der Waals surface area contributed by atoms with Crippen LogP contribution in [0.5, 0.6) is 23.0 Å². The Labute approximate surface area is 175 Å². The quantitative estimate of drug-likeness (QED) is 0.411. The van der Waals surface area contributed by atoms with E-state index in [4.69, 9.17) is 18.9 Å². The third-order valence-corrected chi connectivity index (χ3v) is 5.16. The molecule has 2 aromatic rings. The molecule has 0 N–H and O–H groups in total. The van der Waals surface area contributed by atoms with Crippen LogP contribution in [0, 0.1) is 0 Å². The minimum atomic E-state index is -0.333. The zero-order valence-electron chi connectivity index (χ0n) is 17.7. The summed E-state index contributed by atoms with van der Waals surface area (Å²) in [4.78, 5) is 25.1. The summed E-state index contributed by atoms with van der Waals surface area (Å²) >= 11 is 0. The van der Waals surface area contributed by atoms with Crippen molar-refractivity contribution in [1.82, 2.24) is 0 Å². The third-order valence-electron chi connectivity index (χ3n) is 5.16. The standard InChI is InChI=1S/C24H24O6/c1-12(2)23-22(26)15-7-9-18-21(24(15)30-23)16(11-20(25)29-18)14-6-8-17(28-13(3)4)19(10-14)27-5/h6-10,13,16H,11H2,1-5H3. The number of ketones is 1. The Balaban J connectivity index is 1.85. The van der Waals surface area contributed by atoms with Gasteiger partial charge in [0.15, 0.2) is 17.3 Å². The van der Waals surface area contributed by atoms with E-state index in [9.17, 15) is 9.59 Å². The van der Waals surface area contributed by atoms with E-state index >= 15 is 0 Å². The van der Waals surface area contributed by atoms with E-state index in [0.717, 1.165) is 11.1 Å². The number of Topliss-reactive ketones (excluding diaryl/α,β-unsaturated/α-hetero) is 1. The Bertz CT molecular complexity index is 1080. The van der Waals surface area contributed by atoms with Crippen LogP contribution in [0.15, 0.2) is 41.7 Å².